The first-order chi connectivity index (χ1) is 8.67. The smallest absolute Gasteiger partial charge is 0.164 e. The number of hydrogen-bond acceptors (Lipinski definition) is 3. The van der Waals surface area contributed by atoms with Crippen LogP contribution in [0.2, 0.25) is 0 Å². The van der Waals surface area contributed by atoms with Gasteiger partial charge < -0.3 is 10.3 Å². The summed E-state index contributed by atoms with van der Waals surface area (Å²) in [5, 5.41) is 8.23. The van der Waals surface area contributed by atoms with E-state index in [0.29, 0.717) is 12.1 Å². The lowest BCUT2D eigenvalue weighted by molar-refractivity contribution is 0.618. The topological polar surface area (TPSA) is 56.7 Å². The fourth-order valence-electron chi connectivity index (χ4n) is 1.94. The Morgan fingerprint density at radius 1 is 1.33 bits per heavy atom. The van der Waals surface area contributed by atoms with E-state index < -0.39 is 0 Å². The van der Waals surface area contributed by atoms with Crippen molar-refractivity contribution in [2.75, 3.05) is 0 Å². The molecule has 0 bridgehead atoms. The summed E-state index contributed by atoms with van der Waals surface area (Å²) in [5.41, 5.74) is 7.12. The van der Waals surface area contributed by atoms with Crippen molar-refractivity contribution < 1.29 is 4.39 Å². The van der Waals surface area contributed by atoms with E-state index in [1.165, 1.54) is 6.07 Å². The third kappa shape index (κ3) is 2.26. The van der Waals surface area contributed by atoms with Crippen LogP contribution < -0.4 is 5.73 Å². The van der Waals surface area contributed by atoms with E-state index in [2.05, 4.69) is 17.1 Å². The molecule has 0 saturated heterocycles. The molecule has 0 aliphatic rings. The second-order valence-electron chi connectivity index (χ2n) is 4.26. The number of nitrogens with zero attached hydrogens (tertiary/aromatic N) is 3. The van der Waals surface area contributed by atoms with Crippen molar-refractivity contribution in [3.05, 3.63) is 35.4 Å². The molecule has 0 unspecified atom stereocenters. The van der Waals surface area contributed by atoms with Crippen LogP contribution >= 0.6 is 0 Å². The molecule has 0 spiro atoms. The molecule has 18 heavy (non-hydrogen) atoms. The highest BCUT2D eigenvalue weighted by molar-refractivity contribution is 5.56. The molecule has 0 aliphatic carbocycles. The van der Waals surface area contributed by atoms with Crippen LogP contribution in [-0.2, 0) is 13.1 Å². The zero-order valence-electron chi connectivity index (χ0n) is 10.7. The zero-order chi connectivity index (χ0) is 13.1. The first kappa shape index (κ1) is 12.7. The Hall–Kier alpha value is -1.75. The Bertz CT molecular complexity index is 548. The van der Waals surface area contributed by atoms with Crippen molar-refractivity contribution in [1.29, 1.82) is 0 Å². The lowest BCUT2D eigenvalue weighted by Gasteiger charge is -2.08. The van der Waals surface area contributed by atoms with E-state index in [0.717, 1.165) is 30.2 Å². The Morgan fingerprint density at radius 2 is 2.11 bits per heavy atom. The lowest BCUT2D eigenvalue weighted by atomic mass is 10.1. The van der Waals surface area contributed by atoms with Gasteiger partial charge in [-0.1, -0.05) is 6.92 Å². The quantitative estimate of drug-likeness (QED) is 0.903. The predicted molar refractivity (Wildman–Crippen MR) is 68.3 cm³/mol. The van der Waals surface area contributed by atoms with E-state index in [9.17, 15) is 4.39 Å². The minimum absolute atomic E-state index is 0.209. The maximum atomic E-state index is 13.3. The number of hydrogen-bond donors (Lipinski definition) is 1. The zero-order valence-corrected chi connectivity index (χ0v) is 10.7. The van der Waals surface area contributed by atoms with Gasteiger partial charge in [0.05, 0.1) is 6.54 Å². The average Bonchev–Trinajstić information content (AvgIpc) is 2.76. The Kier molecular flexibility index (Phi) is 3.72. The monoisotopic (exact) mass is 248 g/mol. The molecule has 1 aromatic heterocycles. The van der Waals surface area contributed by atoms with E-state index >= 15 is 0 Å². The fourth-order valence-corrected chi connectivity index (χ4v) is 1.94. The van der Waals surface area contributed by atoms with Crippen LogP contribution in [0.5, 0.6) is 0 Å². The highest BCUT2D eigenvalue weighted by atomic mass is 19.1. The van der Waals surface area contributed by atoms with Gasteiger partial charge in [0, 0.05) is 12.1 Å². The second-order valence-corrected chi connectivity index (χ2v) is 4.26. The summed E-state index contributed by atoms with van der Waals surface area (Å²) in [6.45, 7) is 4.99. The van der Waals surface area contributed by atoms with Crippen LogP contribution in [-0.4, -0.2) is 14.8 Å². The average molecular weight is 248 g/mol. The standard InChI is InChI=1S/C13H17FN4/c1-3-6-18-12(8-15)16-17-13(18)10-4-5-11(14)9(2)7-10/h4-5,7H,3,6,8,15H2,1-2H3. The minimum atomic E-state index is -0.209. The van der Waals surface area contributed by atoms with Crippen LogP contribution in [0.1, 0.15) is 24.7 Å². The normalized spacial score (nSPS) is 10.9. The second kappa shape index (κ2) is 5.27. The van der Waals surface area contributed by atoms with Gasteiger partial charge in [-0.2, -0.15) is 0 Å². The highest BCUT2D eigenvalue weighted by Crippen LogP contribution is 2.21. The van der Waals surface area contributed by atoms with E-state index in [4.69, 9.17) is 5.73 Å². The molecule has 0 fully saturated rings. The van der Waals surface area contributed by atoms with Gasteiger partial charge in [-0.3, -0.25) is 0 Å². The molecule has 2 rings (SSSR count). The number of aryl methyl sites for hydroxylation is 1. The molecule has 0 amide bonds. The molecule has 1 aromatic carbocycles. The summed E-state index contributed by atoms with van der Waals surface area (Å²) >= 11 is 0. The van der Waals surface area contributed by atoms with Gasteiger partial charge in [-0.05, 0) is 37.1 Å². The van der Waals surface area contributed by atoms with Gasteiger partial charge in [-0.15, -0.1) is 10.2 Å². The van der Waals surface area contributed by atoms with E-state index in [1.54, 1.807) is 19.1 Å². The van der Waals surface area contributed by atoms with E-state index in [1.807, 2.05) is 4.57 Å². The van der Waals surface area contributed by atoms with Crippen molar-refractivity contribution in [3.8, 4) is 11.4 Å². The van der Waals surface area contributed by atoms with Crippen molar-refractivity contribution >= 4 is 0 Å². The predicted octanol–water partition coefficient (Wildman–Crippen LogP) is 2.26. The molecule has 0 atom stereocenters. The molecule has 5 heteroatoms. The fraction of sp³-hybridized carbons (Fsp3) is 0.385. The van der Waals surface area contributed by atoms with Gasteiger partial charge in [0.2, 0.25) is 0 Å². The van der Waals surface area contributed by atoms with Crippen LogP contribution in [0, 0.1) is 12.7 Å². The molecule has 2 aromatic rings. The number of benzene rings is 1. The maximum Gasteiger partial charge on any atom is 0.164 e. The summed E-state index contributed by atoms with van der Waals surface area (Å²) in [6.07, 6.45) is 0.970. The SMILES string of the molecule is CCCn1c(CN)nnc1-c1ccc(F)c(C)c1. The summed E-state index contributed by atoms with van der Waals surface area (Å²) in [4.78, 5) is 0. The van der Waals surface area contributed by atoms with Crippen LogP contribution in [0.4, 0.5) is 4.39 Å². The third-order valence-corrected chi connectivity index (χ3v) is 2.87. The number of nitrogens with two attached hydrogens (primary N) is 1. The molecule has 0 saturated carbocycles. The van der Waals surface area contributed by atoms with Crippen LogP contribution in [0.25, 0.3) is 11.4 Å². The Morgan fingerprint density at radius 3 is 2.72 bits per heavy atom. The number of halogens is 1. The maximum absolute atomic E-state index is 13.3. The molecule has 1 heterocycles. The van der Waals surface area contributed by atoms with Gasteiger partial charge >= 0.3 is 0 Å². The minimum Gasteiger partial charge on any atom is -0.324 e. The van der Waals surface area contributed by atoms with E-state index in [-0.39, 0.29) is 5.82 Å². The molecule has 2 N–H and O–H groups in total. The summed E-state index contributed by atoms with van der Waals surface area (Å²) in [6, 6.07) is 4.96. The third-order valence-electron chi connectivity index (χ3n) is 2.87. The number of aromatic nitrogens is 3. The largest absolute Gasteiger partial charge is 0.324 e. The van der Waals surface area contributed by atoms with Gasteiger partial charge in [0.25, 0.3) is 0 Å². The van der Waals surface area contributed by atoms with Crippen molar-refractivity contribution in [2.45, 2.75) is 33.4 Å². The van der Waals surface area contributed by atoms with Crippen LogP contribution in [0.15, 0.2) is 18.2 Å². The molecule has 96 valence electrons. The van der Waals surface area contributed by atoms with Gasteiger partial charge in [-0.25, -0.2) is 4.39 Å². The highest BCUT2D eigenvalue weighted by Gasteiger charge is 2.12. The summed E-state index contributed by atoms with van der Waals surface area (Å²) < 4.78 is 15.3. The first-order valence-corrected chi connectivity index (χ1v) is 6.06. The Balaban J connectivity index is 2.49. The Labute approximate surface area is 106 Å². The van der Waals surface area contributed by atoms with Gasteiger partial charge in [0.15, 0.2) is 5.82 Å². The number of rotatable bonds is 4. The molecular weight excluding hydrogens is 231 g/mol. The first-order valence-electron chi connectivity index (χ1n) is 6.06. The summed E-state index contributed by atoms with van der Waals surface area (Å²) in [5.74, 6) is 1.30. The van der Waals surface area contributed by atoms with Crippen molar-refractivity contribution in [3.63, 3.8) is 0 Å². The summed E-state index contributed by atoms with van der Waals surface area (Å²) in [7, 11) is 0. The van der Waals surface area contributed by atoms with Crippen LogP contribution in [0.3, 0.4) is 0 Å². The van der Waals surface area contributed by atoms with Crippen molar-refractivity contribution in [2.24, 2.45) is 5.73 Å². The molecule has 4 nitrogen and oxygen atoms in total. The van der Waals surface area contributed by atoms with Crippen molar-refractivity contribution in [1.82, 2.24) is 14.8 Å². The molecule has 0 radical (unpaired) electrons. The van der Waals surface area contributed by atoms with Gasteiger partial charge in [0.1, 0.15) is 11.6 Å². The molecule has 0 aliphatic heterocycles. The molecular formula is C13H17FN4. The lowest BCUT2D eigenvalue weighted by Crippen LogP contribution is -2.09.